The van der Waals surface area contributed by atoms with E-state index in [1.54, 1.807) is 0 Å². The summed E-state index contributed by atoms with van der Waals surface area (Å²) in [5, 5.41) is 74.7. The Morgan fingerprint density at radius 3 is 1.10 bits per heavy atom. The molecule has 0 amide bonds. The van der Waals surface area contributed by atoms with Gasteiger partial charge >= 0.3 is 47.9 Å². The van der Waals surface area contributed by atoms with Crippen molar-refractivity contribution in [3.05, 3.63) is 22.3 Å². The topological polar surface area (TPSA) is 308 Å². The first kappa shape index (κ1) is 24.1. The van der Waals surface area contributed by atoms with Crippen LogP contribution in [-0.4, -0.2) is 94.4 Å². The smallest absolute Gasteiger partial charge is 0.480 e. The fourth-order valence-corrected chi connectivity index (χ4v) is 3.11. The Bertz CT molecular complexity index is 1030. The molecular weight excluding hydrogens is 440 g/mol. The van der Waals surface area contributed by atoms with Gasteiger partial charge in [0.15, 0.2) is 0 Å². The summed E-state index contributed by atoms with van der Waals surface area (Å²) in [4.78, 5) is 93.7. The molecule has 0 heterocycles. The van der Waals surface area contributed by atoms with E-state index in [0.717, 1.165) is 0 Å². The van der Waals surface area contributed by atoms with E-state index >= 15 is 0 Å². The molecule has 8 N–H and O–H groups in total. The van der Waals surface area contributed by atoms with E-state index in [2.05, 4.69) is 4.74 Å². The van der Waals surface area contributed by atoms with Crippen molar-refractivity contribution < 1.29 is 83.9 Å². The minimum absolute atomic E-state index is 2.24. The van der Waals surface area contributed by atoms with Gasteiger partial charge in [-0.2, -0.15) is 0 Å². The van der Waals surface area contributed by atoms with E-state index in [4.69, 9.17) is 5.11 Å². The zero-order valence-corrected chi connectivity index (χ0v) is 14.3. The molecule has 1 unspecified atom stereocenters. The monoisotopic (exact) mass is 448 g/mol. The summed E-state index contributed by atoms with van der Waals surface area (Å²) in [5.74, 6) is -20.3. The lowest BCUT2D eigenvalue weighted by atomic mass is 9.57. The Morgan fingerprint density at radius 2 is 0.871 bits per heavy atom. The predicted molar refractivity (Wildman–Crippen MR) is 81.8 cm³/mol. The third kappa shape index (κ3) is 2.96. The molecule has 0 saturated heterocycles. The van der Waals surface area contributed by atoms with Gasteiger partial charge in [0.1, 0.15) is 5.57 Å². The van der Waals surface area contributed by atoms with Crippen LogP contribution in [0.5, 0.6) is 0 Å². The van der Waals surface area contributed by atoms with E-state index < -0.39 is 81.2 Å². The summed E-state index contributed by atoms with van der Waals surface area (Å²) >= 11 is 0. The third-order valence-corrected chi connectivity index (χ3v) is 4.04. The minimum Gasteiger partial charge on any atom is -0.480 e. The number of aliphatic carboxylic acids is 7. The van der Waals surface area contributed by atoms with Crippen LogP contribution in [0.2, 0.25) is 0 Å². The molecule has 0 aromatic heterocycles. The molecule has 0 aliphatic heterocycles. The van der Waals surface area contributed by atoms with Crippen molar-refractivity contribution in [2.45, 2.75) is 5.60 Å². The van der Waals surface area contributed by atoms with Crippen LogP contribution in [-0.2, 0) is 38.3 Å². The molecule has 1 atom stereocenters. The van der Waals surface area contributed by atoms with Gasteiger partial charge in [-0.1, -0.05) is 0 Å². The van der Waals surface area contributed by atoms with Crippen molar-refractivity contribution >= 4 is 47.9 Å². The van der Waals surface area contributed by atoms with Gasteiger partial charge in [0, 0.05) is 0 Å². The molecule has 0 spiro atoms. The highest BCUT2D eigenvalue weighted by atomic mass is 16.7. The molecule has 31 heavy (non-hydrogen) atoms. The Hall–Kier alpha value is -4.96. The molecule has 1 aliphatic rings. The summed E-state index contributed by atoms with van der Waals surface area (Å²) < 4.78 is 3.80. The second kappa shape index (κ2) is 7.46. The van der Waals surface area contributed by atoms with Gasteiger partial charge in [-0.25, -0.2) is 28.8 Å². The highest BCUT2D eigenvalue weighted by Gasteiger charge is 2.80. The van der Waals surface area contributed by atoms with Gasteiger partial charge in [-0.15, -0.1) is 0 Å². The zero-order valence-electron chi connectivity index (χ0n) is 14.3. The predicted octanol–water partition coefficient (Wildman–Crippen LogP) is -2.39. The molecule has 1 aliphatic carbocycles. The summed E-state index contributed by atoms with van der Waals surface area (Å²) in [6.45, 7) is 0. The zero-order chi connectivity index (χ0) is 24.6. The van der Waals surface area contributed by atoms with Gasteiger partial charge in [-0.05, 0) is 0 Å². The highest BCUT2D eigenvalue weighted by molar-refractivity contribution is 6.26. The molecule has 166 valence electrons. The number of hydrogen-bond acceptors (Lipinski definition) is 9. The second-order valence-corrected chi connectivity index (χ2v) is 5.44. The molecule has 0 fully saturated rings. The summed E-state index contributed by atoms with van der Waals surface area (Å²) in [7, 11) is 0. The Morgan fingerprint density at radius 1 is 0.516 bits per heavy atom. The SMILES string of the molecule is O=C(O)OC1(C(=O)O)C(C(=O)O)=C(C(=O)O)C(C(=O)O)=C(C(=O)O)C1(C(=O)O)C(=O)O. The van der Waals surface area contributed by atoms with Crippen LogP contribution in [0.15, 0.2) is 22.3 Å². The molecule has 17 nitrogen and oxygen atoms in total. The number of hydrogen-bond donors (Lipinski definition) is 8. The van der Waals surface area contributed by atoms with Gasteiger partial charge < -0.3 is 45.6 Å². The molecular formula is C14H8O17. The maximum atomic E-state index is 12.0. The number of carboxylic acids is 7. The summed E-state index contributed by atoms with van der Waals surface area (Å²) in [6.07, 6.45) is -2.87. The molecule has 0 aromatic carbocycles. The van der Waals surface area contributed by atoms with Crippen molar-refractivity contribution in [1.82, 2.24) is 0 Å². The van der Waals surface area contributed by atoms with Gasteiger partial charge in [-0.3, -0.25) is 9.59 Å². The third-order valence-electron chi connectivity index (χ3n) is 4.04. The normalized spacial score (nSPS) is 19.9. The number of rotatable bonds is 8. The average Bonchev–Trinajstić information content (AvgIpc) is 2.57. The van der Waals surface area contributed by atoms with E-state index in [0.29, 0.717) is 0 Å². The Kier molecular flexibility index (Phi) is 5.80. The lowest BCUT2D eigenvalue weighted by Crippen LogP contribution is -2.70. The van der Waals surface area contributed by atoms with Gasteiger partial charge in [0.05, 0.1) is 16.7 Å². The molecule has 0 aromatic rings. The van der Waals surface area contributed by atoms with Crippen molar-refractivity contribution in [2.24, 2.45) is 5.41 Å². The van der Waals surface area contributed by atoms with Crippen molar-refractivity contribution in [3.63, 3.8) is 0 Å². The van der Waals surface area contributed by atoms with Gasteiger partial charge in [0.2, 0.25) is 0 Å². The first-order chi connectivity index (χ1) is 14.0. The first-order valence-electron chi connectivity index (χ1n) is 7.08. The summed E-state index contributed by atoms with van der Waals surface area (Å²) in [6, 6.07) is 0. The quantitative estimate of drug-likeness (QED) is 0.142. The highest BCUT2D eigenvalue weighted by Crippen LogP contribution is 2.54. The van der Waals surface area contributed by atoms with E-state index in [1.165, 1.54) is 0 Å². The largest absolute Gasteiger partial charge is 0.507 e. The Balaban J connectivity index is 4.86. The first-order valence-corrected chi connectivity index (χ1v) is 7.08. The van der Waals surface area contributed by atoms with Crippen LogP contribution in [0.3, 0.4) is 0 Å². The van der Waals surface area contributed by atoms with Gasteiger partial charge in [0.25, 0.3) is 11.0 Å². The number of carboxylic acid groups (broad SMARTS) is 8. The molecule has 0 bridgehead atoms. The lowest BCUT2D eigenvalue weighted by Gasteiger charge is -2.43. The molecule has 0 radical (unpaired) electrons. The maximum absolute atomic E-state index is 12.0. The van der Waals surface area contributed by atoms with Crippen LogP contribution in [0.25, 0.3) is 0 Å². The van der Waals surface area contributed by atoms with Crippen molar-refractivity contribution in [1.29, 1.82) is 0 Å². The van der Waals surface area contributed by atoms with Crippen LogP contribution in [0, 0.1) is 5.41 Å². The average molecular weight is 448 g/mol. The van der Waals surface area contributed by atoms with Crippen LogP contribution in [0.1, 0.15) is 0 Å². The standard InChI is InChI=1S/C14H8O17/c15-5(16)1-2(6(17)18)4(8(21)22)14(11(27)28,31-12(29)30)13(9(23)24,10(25)26)3(1)7(19)20/h(H,15,16)(H,17,18)(H,19,20)(H,21,22)(H,23,24)(H,25,26)(H,27,28)(H,29,30). The van der Waals surface area contributed by atoms with Crippen LogP contribution in [0.4, 0.5) is 4.79 Å². The van der Waals surface area contributed by atoms with E-state index in [1.807, 2.05) is 0 Å². The van der Waals surface area contributed by atoms with E-state index in [-0.39, 0.29) is 0 Å². The summed E-state index contributed by atoms with van der Waals surface area (Å²) in [5.41, 5.74) is -19.1. The van der Waals surface area contributed by atoms with Crippen molar-refractivity contribution in [2.75, 3.05) is 0 Å². The van der Waals surface area contributed by atoms with E-state index in [9.17, 15) is 74.1 Å². The lowest BCUT2D eigenvalue weighted by molar-refractivity contribution is -0.193. The Labute approximate surface area is 166 Å². The molecule has 0 saturated carbocycles. The second-order valence-electron chi connectivity index (χ2n) is 5.44. The fraction of sp³-hybridized carbons (Fsp3) is 0.143. The van der Waals surface area contributed by atoms with Crippen LogP contribution < -0.4 is 0 Å². The number of ether oxygens (including phenoxy) is 1. The molecule has 17 heteroatoms. The molecule has 1 rings (SSSR count). The fourth-order valence-electron chi connectivity index (χ4n) is 3.11. The number of carbonyl (C=O) groups is 8. The van der Waals surface area contributed by atoms with Crippen LogP contribution >= 0.6 is 0 Å². The maximum Gasteiger partial charge on any atom is 0.507 e. The van der Waals surface area contributed by atoms with Crippen molar-refractivity contribution in [3.8, 4) is 0 Å². The minimum atomic E-state index is -4.82.